The maximum absolute atomic E-state index is 12.3. The summed E-state index contributed by atoms with van der Waals surface area (Å²) in [6.45, 7) is 7.80. The molecule has 2 rings (SSSR count). The summed E-state index contributed by atoms with van der Waals surface area (Å²) < 4.78 is 27.8. The molecule has 1 aliphatic carbocycles. The predicted molar refractivity (Wildman–Crippen MR) is 88.3 cm³/mol. The molecule has 1 saturated carbocycles. The molecule has 0 unspecified atom stereocenters. The van der Waals surface area contributed by atoms with E-state index in [1.54, 1.807) is 6.07 Å². The maximum atomic E-state index is 12.3. The van der Waals surface area contributed by atoms with Crippen LogP contribution >= 0.6 is 11.3 Å². The van der Waals surface area contributed by atoms with Gasteiger partial charge in [-0.25, -0.2) is 13.1 Å². The van der Waals surface area contributed by atoms with Crippen LogP contribution in [0.15, 0.2) is 16.3 Å². The SMILES string of the molecule is CCC1(CNS(=O)(=O)c2ccc(CCNC(C)C)s2)CC1. The second kappa shape index (κ2) is 6.77. The van der Waals surface area contributed by atoms with Gasteiger partial charge in [-0.1, -0.05) is 20.8 Å². The van der Waals surface area contributed by atoms with Crippen molar-refractivity contribution in [3.63, 3.8) is 0 Å². The Kier molecular flexibility index (Phi) is 5.46. The Balaban J connectivity index is 1.89. The van der Waals surface area contributed by atoms with Crippen LogP contribution in [0.2, 0.25) is 0 Å². The second-order valence-electron chi connectivity index (χ2n) is 6.26. The van der Waals surface area contributed by atoms with Crippen molar-refractivity contribution < 1.29 is 8.42 Å². The Labute approximate surface area is 132 Å². The van der Waals surface area contributed by atoms with Crippen LogP contribution < -0.4 is 10.0 Å². The van der Waals surface area contributed by atoms with Crippen LogP contribution in [0.1, 0.15) is 44.9 Å². The molecule has 0 bridgehead atoms. The highest BCUT2D eigenvalue weighted by atomic mass is 32.2. The van der Waals surface area contributed by atoms with Crippen LogP contribution in [0.3, 0.4) is 0 Å². The number of sulfonamides is 1. The lowest BCUT2D eigenvalue weighted by molar-refractivity contribution is 0.476. The first-order chi connectivity index (χ1) is 9.87. The fraction of sp³-hybridized carbons (Fsp3) is 0.733. The maximum Gasteiger partial charge on any atom is 0.250 e. The summed E-state index contributed by atoms with van der Waals surface area (Å²) in [5.74, 6) is 0. The fourth-order valence-corrected chi connectivity index (χ4v) is 4.83. The molecule has 0 spiro atoms. The summed E-state index contributed by atoms with van der Waals surface area (Å²) in [6, 6.07) is 4.11. The molecule has 0 amide bonds. The Hall–Kier alpha value is -0.430. The molecule has 21 heavy (non-hydrogen) atoms. The van der Waals surface area contributed by atoms with E-state index in [1.165, 1.54) is 11.3 Å². The molecular weight excluding hydrogens is 304 g/mol. The zero-order chi connectivity index (χ0) is 15.5. The molecule has 1 aromatic rings. The molecule has 120 valence electrons. The highest BCUT2D eigenvalue weighted by Crippen LogP contribution is 2.48. The number of hydrogen-bond donors (Lipinski definition) is 2. The van der Waals surface area contributed by atoms with E-state index in [9.17, 15) is 8.42 Å². The van der Waals surface area contributed by atoms with E-state index in [0.29, 0.717) is 16.8 Å². The monoisotopic (exact) mass is 330 g/mol. The molecule has 2 N–H and O–H groups in total. The van der Waals surface area contributed by atoms with Crippen molar-refractivity contribution in [2.45, 2.75) is 56.7 Å². The first-order valence-electron chi connectivity index (χ1n) is 7.69. The van der Waals surface area contributed by atoms with Crippen LogP contribution in [-0.2, 0) is 16.4 Å². The lowest BCUT2D eigenvalue weighted by Gasteiger charge is -2.12. The number of nitrogens with one attached hydrogen (secondary N) is 2. The van der Waals surface area contributed by atoms with Gasteiger partial charge in [0, 0.05) is 24.0 Å². The summed E-state index contributed by atoms with van der Waals surface area (Å²) in [7, 11) is -3.34. The zero-order valence-corrected chi connectivity index (χ0v) is 14.7. The van der Waals surface area contributed by atoms with Crippen LogP contribution in [0.5, 0.6) is 0 Å². The van der Waals surface area contributed by atoms with Crippen molar-refractivity contribution in [1.82, 2.24) is 10.0 Å². The Bertz CT molecular complexity index is 560. The van der Waals surface area contributed by atoms with Gasteiger partial charge in [-0.05, 0) is 43.2 Å². The third kappa shape index (κ3) is 4.77. The van der Waals surface area contributed by atoms with E-state index in [1.807, 2.05) is 6.07 Å². The molecule has 0 radical (unpaired) electrons. The van der Waals surface area contributed by atoms with E-state index in [-0.39, 0.29) is 5.41 Å². The van der Waals surface area contributed by atoms with Crippen LogP contribution in [0.4, 0.5) is 0 Å². The summed E-state index contributed by atoms with van der Waals surface area (Å²) in [6.07, 6.45) is 4.20. The van der Waals surface area contributed by atoms with E-state index in [4.69, 9.17) is 0 Å². The van der Waals surface area contributed by atoms with Gasteiger partial charge in [0.1, 0.15) is 4.21 Å². The van der Waals surface area contributed by atoms with Crippen molar-refractivity contribution in [1.29, 1.82) is 0 Å². The molecule has 1 aliphatic rings. The third-order valence-corrected chi connectivity index (χ3v) is 7.21. The summed E-state index contributed by atoms with van der Waals surface area (Å²) in [5.41, 5.74) is 0.230. The van der Waals surface area contributed by atoms with Gasteiger partial charge >= 0.3 is 0 Å². The minimum atomic E-state index is -3.34. The van der Waals surface area contributed by atoms with Gasteiger partial charge in [-0.15, -0.1) is 11.3 Å². The lowest BCUT2D eigenvalue weighted by atomic mass is 10.1. The molecule has 1 aromatic heterocycles. The van der Waals surface area contributed by atoms with E-state index in [0.717, 1.165) is 37.1 Å². The van der Waals surface area contributed by atoms with Gasteiger partial charge < -0.3 is 5.32 Å². The van der Waals surface area contributed by atoms with Gasteiger partial charge in [0.05, 0.1) is 0 Å². The summed E-state index contributed by atoms with van der Waals surface area (Å²) in [5, 5.41) is 3.34. The summed E-state index contributed by atoms with van der Waals surface area (Å²) >= 11 is 1.38. The van der Waals surface area contributed by atoms with Gasteiger partial charge in [0.25, 0.3) is 0 Å². The molecular formula is C15H26N2O2S2. The number of thiophene rings is 1. The lowest BCUT2D eigenvalue weighted by Crippen LogP contribution is -2.29. The van der Waals surface area contributed by atoms with Gasteiger partial charge in [-0.2, -0.15) is 0 Å². The van der Waals surface area contributed by atoms with Gasteiger partial charge in [0.15, 0.2) is 0 Å². The smallest absolute Gasteiger partial charge is 0.250 e. The Morgan fingerprint density at radius 3 is 2.62 bits per heavy atom. The van der Waals surface area contributed by atoms with Crippen LogP contribution in [0.25, 0.3) is 0 Å². The molecule has 6 heteroatoms. The van der Waals surface area contributed by atoms with Crippen molar-refractivity contribution >= 4 is 21.4 Å². The molecule has 0 atom stereocenters. The highest BCUT2D eigenvalue weighted by molar-refractivity contribution is 7.91. The van der Waals surface area contributed by atoms with E-state index >= 15 is 0 Å². The number of rotatable bonds is 9. The predicted octanol–water partition coefficient (Wildman–Crippen LogP) is 2.76. The molecule has 0 aliphatic heterocycles. The molecule has 1 fully saturated rings. The second-order valence-corrected chi connectivity index (χ2v) is 9.42. The van der Waals surface area contributed by atoms with Crippen molar-refractivity contribution in [2.24, 2.45) is 5.41 Å². The van der Waals surface area contributed by atoms with Gasteiger partial charge in [0.2, 0.25) is 10.0 Å². The topological polar surface area (TPSA) is 58.2 Å². The molecule has 0 aromatic carbocycles. The first-order valence-corrected chi connectivity index (χ1v) is 9.99. The average Bonchev–Trinajstić information content (AvgIpc) is 3.06. The zero-order valence-electron chi connectivity index (χ0n) is 13.1. The highest BCUT2D eigenvalue weighted by Gasteiger charge is 2.41. The Morgan fingerprint density at radius 2 is 2.05 bits per heavy atom. The van der Waals surface area contributed by atoms with Crippen molar-refractivity contribution in [2.75, 3.05) is 13.1 Å². The normalized spacial score (nSPS) is 17.3. The van der Waals surface area contributed by atoms with Crippen LogP contribution in [-0.4, -0.2) is 27.5 Å². The largest absolute Gasteiger partial charge is 0.314 e. The molecule has 0 saturated heterocycles. The van der Waals surface area contributed by atoms with E-state index in [2.05, 4.69) is 30.8 Å². The molecule has 1 heterocycles. The minimum absolute atomic E-state index is 0.230. The van der Waals surface area contributed by atoms with Gasteiger partial charge in [-0.3, -0.25) is 0 Å². The van der Waals surface area contributed by atoms with E-state index < -0.39 is 10.0 Å². The first kappa shape index (κ1) is 16.9. The standard InChI is InChI=1S/C15H26N2O2S2/c1-4-15(8-9-15)11-17-21(18,19)14-6-5-13(20-14)7-10-16-12(2)3/h5-6,12,16-17H,4,7-11H2,1-3H3. The van der Waals surface area contributed by atoms with Crippen molar-refractivity contribution in [3.8, 4) is 0 Å². The summed E-state index contributed by atoms with van der Waals surface area (Å²) in [4.78, 5) is 1.11. The van der Waals surface area contributed by atoms with Crippen molar-refractivity contribution in [3.05, 3.63) is 17.0 Å². The Morgan fingerprint density at radius 1 is 1.33 bits per heavy atom. The quantitative estimate of drug-likeness (QED) is 0.732. The van der Waals surface area contributed by atoms with Crippen LogP contribution in [0, 0.1) is 5.41 Å². The minimum Gasteiger partial charge on any atom is -0.314 e. The number of hydrogen-bond acceptors (Lipinski definition) is 4. The third-order valence-electron chi connectivity index (χ3n) is 4.17. The molecule has 4 nitrogen and oxygen atoms in total. The average molecular weight is 331 g/mol. The fourth-order valence-electron chi connectivity index (χ4n) is 2.27.